The molecule has 4 rings (SSSR count). The predicted octanol–water partition coefficient (Wildman–Crippen LogP) is 2.67. The standard InChI is InChI=1S/C15H19N5S.2ClH/c1-2-4-14(5-3-1)18-8-6-17(7-9-18)13-19-12-16-20-10-11-21-15(19)20;;/h1-5,10-12,15H,6-9,13H2;2*1H. The number of hydrazone groups is 1. The van der Waals surface area contributed by atoms with Gasteiger partial charge in [0, 0.05) is 38.1 Å². The summed E-state index contributed by atoms with van der Waals surface area (Å²) in [6, 6.07) is 10.7. The van der Waals surface area contributed by atoms with Crippen LogP contribution >= 0.6 is 36.6 Å². The second-order valence-corrected chi connectivity index (χ2v) is 6.42. The van der Waals surface area contributed by atoms with Crippen molar-refractivity contribution in [3.63, 3.8) is 0 Å². The van der Waals surface area contributed by atoms with Crippen molar-refractivity contribution in [3.8, 4) is 0 Å². The third-order valence-electron chi connectivity index (χ3n) is 4.11. The molecule has 1 saturated heterocycles. The number of para-hydroxylation sites is 1. The SMILES string of the molecule is C1=CN2N=CN(CN3CCN(c4ccccc4)CC3)C2S1.Cl.Cl. The van der Waals surface area contributed by atoms with Crippen LogP contribution in [0, 0.1) is 0 Å². The van der Waals surface area contributed by atoms with Crippen LogP contribution in [0.5, 0.6) is 0 Å². The van der Waals surface area contributed by atoms with Gasteiger partial charge in [0.15, 0.2) is 5.50 Å². The van der Waals surface area contributed by atoms with E-state index in [4.69, 9.17) is 0 Å². The lowest BCUT2D eigenvalue weighted by molar-refractivity contribution is 0.151. The Labute approximate surface area is 153 Å². The molecule has 0 N–H and O–H groups in total. The van der Waals surface area contributed by atoms with Crippen LogP contribution in [0.15, 0.2) is 47.0 Å². The van der Waals surface area contributed by atoms with Crippen LogP contribution in [-0.2, 0) is 0 Å². The monoisotopic (exact) mass is 373 g/mol. The van der Waals surface area contributed by atoms with Crippen molar-refractivity contribution in [1.29, 1.82) is 0 Å². The first-order valence-electron chi connectivity index (χ1n) is 7.33. The van der Waals surface area contributed by atoms with Gasteiger partial charge < -0.3 is 9.80 Å². The van der Waals surface area contributed by atoms with Crippen LogP contribution in [0.2, 0.25) is 0 Å². The van der Waals surface area contributed by atoms with Gasteiger partial charge in [-0.3, -0.25) is 4.90 Å². The van der Waals surface area contributed by atoms with Crippen LogP contribution in [0.3, 0.4) is 0 Å². The minimum atomic E-state index is 0. The van der Waals surface area contributed by atoms with Gasteiger partial charge in [-0.2, -0.15) is 5.10 Å². The molecule has 0 saturated carbocycles. The molecule has 0 aliphatic carbocycles. The van der Waals surface area contributed by atoms with E-state index >= 15 is 0 Å². The van der Waals surface area contributed by atoms with E-state index in [2.05, 4.69) is 55.5 Å². The highest BCUT2D eigenvalue weighted by molar-refractivity contribution is 8.02. The van der Waals surface area contributed by atoms with Gasteiger partial charge in [-0.15, -0.1) is 24.8 Å². The van der Waals surface area contributed by atoms with Gasteiger partial charge in [0.1, 0.15) is 6.34 Å². The van der Waals surface area contributed by atoms with Gasteiger partial charge in [-0.1, -0.05) is 30.0 Å². The molecular formula is C15H21Cl2N5S. The molecule has 126 valence electrons. The molecule has 0 bridgehead atoms. The van der Waals surface area contributed by atoms with Gasteiger partial charge in [0.25, 0.3) is 0 Å². The normalized spacial score (nSPS) is 22.8. The summed E-state index contributed by atoms with van der Waals surface area (Å²) in [6.07, 6.45) is 4.00. The Kier molecular flexibility index (Phi) is 6.47. The van der Waals surface area contributed by atoms with Gasteiger partial charge in [0.05, 0.1) is 6.67 Å². The summed E-state index contributed by atoms with van der Waals surface area (Å²) in [5.74, 6) is 0. The molecule has 0 amide bonds. The number of halogens is 2. The number of benzene rings is 1. The molecule has 0 radical (unpaired) electrons. The van der Waals surface area contributed by atoms with Crippen LogP contribution in [0.4, 0.5) is 5.69 Å². The minimum Gasteiger partial charge on any atom is -0.369 e. The quantitative estimate of drug-likeness (QED) is 0.810. The predicted molar refractivity (Wildman–Crippen MR) is 102 cm³/mol. The van der Waals surface area contributed by atoms with Gasteiger partial charge in [-0.05, 0) is 17.5 Å². The maximum Gasteiger partial charge on any atom is 0.176 e. The van der Waals surface area contributed by atoms with E-state index < -0.39 is 0 Å². The number of fused-ring (bicyclic) bond motifs is 1. The fourth-order valence-corrected chi connectivity index (χ4v) is 3.80. The Morgan fingerprint density at radius 3 is 2.52 bits per heavy atom. The first-order chi connectivity index (χ1) is 10.4. The van der Waals surface area contributed by atoms with Gasteiger partial charge >= 0.3 is 0 Å². The van der Waals surface area contributed by atoms with Crippen LogP contribution in [-0.4, -0.2) is 59.5 Å². The van der Waals surface area contributed by atoms with Crippen molar-refractivity contribution in [2.75, 3.05) is 37.7 Å². The number of hydrogen-bond donors (Lipinski definition) is 0. The van der Waals surface area contributed by atoms with E-state index in [1.165, 1.54) is 5.69 Å². The molecule has 1 fully saturated rings. The minimum absolute atomic E-state index is 0. The summed E-state index contributed by atoms with van der Waals surface area (Å²) in [7, 11) is 0. The number of anilines is 1. The molecule has 1 aromatic carbocycles. The molecule has 0 spiro atoms. The Bertz CT molecular complexity index is 548. The smallest absolute Gasteiger partial charge is 0.176 e. The molecule has 5 nitrogen and oxygen atoms in total. The number of thioether (sulfide) groups is 1. The Morgan fingerprint density at radius 2 is 1.78 bits per heavy atom. The zero-order chi connectivity index (χ0) is 14.1. The number of rotatable bonds is 3. The zero-order valence-electron chi connectivity index (χ0n) is 12.7. The topological polar surface area (TPSA) is 25.3 Å². The molecule has 3 aliphatic rings. The molecule has 8 heteroatoms. The van der Waals surface area contributed by atoms with E-state index in [0.29, 0.717) is 5.50 Å². The van der Waals surface area contributed by atoms with Crippen molar-refractivity contribution >= 4 is 48.6 Å². The fraction of sp³-hybridized carbons (Fsp3) is 0.400. The summed E-state index contributed by atoms with van der Waals surface area (Å²) >= 11 is 1.82. The third-order valence-corrected chi connectivity index (χ3v) is 5.12. The summed E-state index contributed by atoms with van der Waals surface area (Å²) < 4.78 is 0. The second-order valence-electron chi connectivity index (χ2n) is 5.45. The Morgan fingerprint density at radius 1 is 1.04 bits per heavy atom. The van der Waals surface area contributed by atoms with Crippen molar-refractivity contribution in [3.05, 3.63) is 41.9 Å². The highest BCUT2D eigenvalue weighted by atomic mass is 35.5. The lowest BCUT2D eigenvalue weighted by Gasteiger charge is -2.38. The van der Waals surface area contributed by atoms with E-state index in [9.17, 15) is 0 Å². The maximum atomic E-state index is 4.40. The van der Waals surface area contributed by atoms with Crippen LogP contribution in [0.1, 0.15) is 0 Å². The number of piperazine rings is 1. The van der Waals surface area contributed by atoms with E-state index in [1.807, 2.05) is 29.3 Å². The molecule has 1 atom stereocenters. The van der Waals surface area contributed by atoms with E-state index in [1.54, 1.807) is 0 Å². The second kappa shape index (κ2) is 8.15. The van der Waals surface area contributed by atoms with Crippen molar-refractivity contribution in [2.45, 2.75) is 5.50 Å². The molecule has 1 unspecified atom stereocenters. The molecule has 1 aromatic rings. The van der Waals surface area contributed by atoms with E-state index in [-0.39, 0.29) is 24.8 Å². The van der Waals surface area contributed by atoms with Gasteiger partial charge in [-0.25, -0.2) is 5.01 Å². The highest BCUT2D eigenvalue weighted by Crippen LogP contribution is 2.31. The lowest BCUT2D eigenvalue weighted by Crippen LogP contribution is -2.51. The average Bonchev–Trinajstić information content (AvgIpc) is 3.14. The summed E-state index contributed by atoms with van der Waals surface area (Å²) in [4.78, 5) is 7.28. The summed E-state index contributed by atoms with van der Waals surface area (Å²) in [6.45, 7) is 5.35. The van der Waals surface area contributed by atoms with Crippen molar-refractivity contribution in [2.24, 2.45) is 5.10 Å². The van der Waals surface area contributed by atoms with Crippen LogP contribution < -0.4 is 4.90 Å². The maximum absolute atomic E-state index is 4.40. The molecule has 3 aliphatic heterocycles. The average molecular weight is 374 g/mol. The lowest BCUT2D eigenvalue weighted by atomic mass is 10.2. The Balaban J connectivity index is 0.000000960. The van der Waals surface area contributed by atoms with Gasteiger partial charge in [0.2, 0.25) is 0 Å². The molecule has 3 heterocycles. The summed E-state index contributed by atoms with van der Waals surface area (Å²) in [5.41, 5.74) is 1.67. The molecule has 23 heavy (non-hydrogen) atoms. The van der Waals surface area contributed by atoms with Crippen LogP contribution in [0.25, 0.3) is 0 Å². The number of hydrogen-bond acceptors (Lipinski definition) is 6. The summed E-state index contributed by atoms with van der Waals surface area (Å²) in [5, 5.41) is 8.53. The zero-order valence-corrected chi connectivity index (χ0v) is 15.1. The molecule has 0 aromatic heterocycles. The van der Waals surface area contributed by atoms with Crippen molar-refractivity contribution < 1.29 is 0 Å². The first-order valence-corrected chi connectivity index (χ1v) is 8.27. The highest BCUT2D eigenvalue weighted by Gasteiger charge is 2.31. The fourth-order valence-electron chi connectivity index (χ4n) is 2.94. The van der Waals surface area contributed by atoms with E-state index in [0.717, 1.165) is 32.8 Å². The third kappa shape index (κ3) is 3.88. The molecular weight excluding hydrogens is 353 g/mol. The largest absolute Gasteiger partial charge is 0.369 e. The Hall–Kier alpha value is -1.08. The first kappa shape index (κ1) is 18.3. The van der Waals surface area contributed by atoms with Crippen molar-refractivity contribution in [1.82, 2.24) is 14.8 Å². The number of nitrogens with zero attached hydrogens (tertiary/aromatic N) is 5.